The summed E-state index contributed by atoms with van der Waals surface area (Å²) < 4.78 is 4.09. The van der Waals surface area contributed by atoms with Gasteiger partial charge in [-0.15, -0.1) is 0 Å². The fourth-order valence-corrected chi connectivity index (χ4v) is 2.30. The first kappa shape index (κ1) is 13.9. The number of carbonyl (C=O) groups excluding carboxylic acids is 2. The minimum atomic E-state index is -0.432. The summed E-state index contributed by atoms with van der Waals surface area (Å²) in [6.07, 6.45) is 2.98. The molecule has 0 unspecified atom stereocenters. The summed E-state index contributed by atoms with van der Waals surface area (Å²) in [5.74, 6) is -0.851. The predicted molar refractivity (Wildman–Crippen MR) is 75.6 cm³/mol. The van der Waals surface area contributed by atoms with Crippen LogP contribution < -0.4 is 16.2 Å². The average molecular weight is 291 g/mol. The van der Waals surface area contributed by atoms with Gasteiger partial charge in [0.2, 0.25) is 0 Å². The van der Waals surface area contributed by atoms with Crippen molar-refractivity contribution in [3.8, 4) is 0 Å². The van der Waals surface area contributed by atoms with Gasteiger partial charge in [-0.1, -0.05) is 0 Å². The molecule has 104 valence electrons. The minimum absolute atomic E-state index is 0.363. The van der Waals surface area contributed by atoms with Crippen LogP contribution in [0.5, 0.6) is 0 Å². The van der Waals surface area contributed by atoms with Gasteiger partial charge in [-0.05, 0) is 30.6 Å². The van der Waals surface area contributed by atoms with E-state index in [1.807, 2.05) is 0 Å². The molecule has 0 atom stereocenters. The molecule has 2 heterocycles. The Morgan fingerprint density at radius 2 is 2.00 bits per heavy atom. The number of carbonyl (C=O) groups is 2. The van der Waals surface area contributed by atoms with Gasteiger partial charge in [0.1, 0.15) is 5.00 Å². The van der Waals surface area contributed by atoms with E-state index in [1.165, 1.54) is 17.7 Å². The molecule has 20 heavy (non-hydrogen) atoms. The van der Waals surface area contributed by atoms with Crippen molar-refractivity contribution in [3.63, 3.8) is 0 Å². The Hall–Kier alpha value is -2.48. The molecule has 7 nitrogen and oxygen atoms in total. The second-order valence-electron chi connectivity index (χ2n) is 3.87. The number of anilines is 1. The van der Waals surface area contributed by atoms with Gasteiger partial charge < -0.3 is 5.32 Å². The number of nitrogens with zero attached hydrogens (tertiary/aromatic N) is 2. The molecule has 2 aromatic heterocycles. The normalized spacial score (nSPS) is 9.90. The third-order valence-corrected chi connectivity index (χ3v) is 3.49. The SMILES string of the molecule is CNc1snc(C)c1C(=O)NNC(=O)c1cccnc1. The lowest BCUT2D eigenvalue weighted by Crippen LogP contribution is -2.41. The summed E-state index contributed by atoms with van der Waals surface area (Å²) in [5.41, 5.74) is 6.08. The van der Waals surface area contributed by atoms with Crippen molar-refractivity contribution >= 4 is 28.3 Å². The standard InChI is InChI=1S/C12H13N5O2S/c1-7-9(12(13-2)20-17-7)11(19)16-15-10(18)8-4-3-5-14-6-8/h3-6,13H,1-2H3,(H,15,18)(H,16,19). The molecule has 8 heteroatoms. The van der Waals surface area contributed by atoms with Crippen LogP contribution in [0.2, 0.25) is 0 Å². The second-order valence-corrected chi connectivity index (χ2v) is 4.65. The topological polar surface area (TPSA) is 96.0 Å². The van der Waals surface area contributed by atoms with Gasteiger partial charge in [0, 0.05) is 19.4 Å². The van der Waals surface area contributed by atoms with E-state index < -0.39 is 11.8 Å². The fourth-order valence-electron chi connectivity index (χ4n) is 1.55. The molecule has 0 saturated heterocycles. The largest absolute Gasteiger partial charge is 0.378 e. The van der Waals surface area contributed by atoms with E-state index in [0.29, 0.717) is 21.8 Å². The number of hydrazine groups is 1. The van der Waals surface area contributed by atoms with Crippen LogP contribution in [-0.4, -0.2) is 28.2 Å². The number of hydrogen-bond donors (Lipinski definition) is 3. The molecule has 0 aromatic carbocycles. The molecule has 0 aliphatic carbocycles. The van der Waals surface area contributed by atoms with Crippen molar-refractivity contribution in [3.05, 3.63) is 41.3 Å². The predicted octanol–water partition coefficient (Wildman–Crippen LogP) is 0.963. The molecule has 2 rings (SSSR count). The molecule has 0 radical (unpaired) electrons. The zero-order valence-corrected chi connectivity index (χ0v) is 11.7. The maximum absolute atomic E-state index is 12.0. The Labute approximate surface area is 119 Å². The number of hydrogen-bond acceptors (Lipinski definition) is 6. The lowest BCUT2D eigenvalue weighted by Gasteiger charge is -2.08. The number of amides is 2. The number of aromatic nitrogens is 2. The summed E-state index contributed by atoms with van der Waals surface area (Å²) in [7, 11) is 1.71. The van der Waals surface area contributed by atoms with Crippen molar-refractivity contribution in [1.29, 1.82) is 0 Å². The van der Waals surface area contributed by atoms with Crippen LogP contribution in [0.3, 0.4) is 0 Å². The minimum Gasteiger partial charge on any atom is -0.378 e. The molecule has 0 aliphatic heterocycles. The number of pyridine rings is 1. The molecule has 0 fully saturated rings. The molecule has 2 amide bonds. The first-order valence-electron chi connectivity index (χ1n) is 5.78. The molecule has 3 N–H and O–H groups in total. The maximum atomic E-state index is 12.0. The summed E-state index contributed by atoms with van der Waals surface area (Å²) in [4.78, 5) is 27.6. The molecule has 0 spiro atoms. The number of rotatable bonds is 3. The van der Waals surface area contributed by atoms with E-state index in [9.17, 15) is 9.59 Å². The lowest BCUT2D eigenvalue weighted by atomic mass is 10.2. The molecular weight excluding hydrogens is 278 g/mol. The Kier molecular flexibility index (Phi) is 4.26. The molecule has 0 saturated carbocycles. The highest BCUT2D eigenvalue weighted by Crippen LogP contribution is 2.23. The van der Waals surface area contributed by atoms with Gasteiger partial charge in [0.15, 0.2) is 0 Å². The number of aryl methyl sites for hydroxylation is 1. The van der Waals surface area contributed by atoms with Crippen LogP contribution in [-0.2, 0) is 0 Å². The van der Waals surface area contributed by atoms with E-state index in [0.717, 1.165) is 0 Å². The summed E-state index contributed by atoms with van der Waals surface area (Å²) in [6, 6.07) is 3.24. The van der Waals surface area contributed by atoms with Crippen molar-refractivity contribution < 1.29 is 9.59 Å². The Balaban J connectivity index is 2.02. The zero-order chi connectivity index (χ0) is 14.5. The third kappa shape index (κ3) is 2.91. The average Bonchev–Trinajstić information content (AvgIpc) is 2.86. The van der Waals surface area contributed by atoms with Crippen LogP contribution in [0.25, 0.3) is 0 Å². The summed E-state index contributed by atoms with van der Waals surface area (Å²) >= 11 is 1.19. The Morgan fingerprint density at radius 3 is 2.65 bits per heavy atom. The first-order chi connectivity index (χ1) is 9.63. The molecule has 2 aromatic rings. The van der Waals surface area contributed by atoms with Crippen molar-refractivity contribution in [2.45, 2.75) is 6.92 Å². The quantitative estimate of drug-likeness (QED) is 0.732. The molecular formula is C12H13N5O2S. The summed E-state index contributed by atoms with van der Waals surface area (Å²) in [6.45, 7) is 1.73. The Bertz CT molecular complexity index is 626. The first-order valence-corrected chi connectivity index (χ1v) is 6.55. The van der Waals surface area contributed by atoms with Gasteiger partial charge in [0.25, 0.3) is 11.8 Å². The van der Waals surface area contributed by atoms with E-state index in [4.69, 9.17) is 0 Å². The highest BCUT2D eigenvalue weighted by Gasteiger charge is 2.18. The highest BCUT2D eigenvalue weighted by molar-refractivity contribution is 7.10. The third-order valence-electron chi connectivity index (χ3n) is 2.53. The smallest absolute Gasteiger partial charge is 0.274 e. The lowest BCUT2D eigenvalue weighted by molar-refractivity contribution is 0.0846. The van der Waals surface area contributed by atoms with Gasteiger partial charge >= 0.3 is 0 Å². The zero-order valence-electron chi connectivity index (χ0n) is 10.9. The van der Waals surface area contributed by atoms with Crippen LogP contribution >= 0.6 is 11.5 Å². The van der Waals surface area contributed by atoms with Crippen LogP contribution in [0.1, 0.15) is 26.4 Å². The maximum Gasteiger partial charge on any atom is 0.274 e. The van der Waals surface area contributed by atoms with Gasteiger partial charge in [-0.2, -0.15) is 4.37 Å². The van der Waals surface area contributed by atoms with Crippen LogP contribution in [0.15, 0.2) is 24.5 Å². The fraction of sp³-hybridized carbons (Fsp3) is 0.167. The van der Waals surface area contributed by atoms with Gasteiger partial charge in [-0.3, -0.25) is 25.4 Å². The van der Waals surface area contributed by atoms with Gasteiger partial charge in [0.05, 0.1) is 16.8 Å². The molecule has 0 aliphatic rings. The van der Waals surface area contributed by atoms with E-state index in [1.54, 1.807) is 32.3 Å². The molecule has 0 bridgehead atoms. The Morgan fingerprint density at radius 1 is 1.25 bits per heavy atom. The monoisotopic (exact) mass is 291 g/mol. The van der Waals surface area contributed by atoms with Crippen LogP contribution in [0.4, 0.5) is 5.00 Å². The van der Waals surface area contributed by atoms with Crippen molar-refractivity contribution in [2.75, 3.05) is 12.4 Å². The van der Waals surface area contributed by atoms with Crippen molar-refractivity contribution in [2.24, 2.45) is 0 Å². The highest BCUT2D eigenvalue weighted by atomic mass is 32.1. The summed E-state index contributed by atoms with van der Waals surface area (Å²) in [5, 5.41) is 3.54. The second kappa shape index (κ2) is 6.11. The van der Waals surface area contributed by atoms with Gasteiger partial charge in [-0.25, -0.2) is 0 Å². The van der Waals surface area contributed by atoms with E-state index in [2.05, 4.69) is 25.5 Å². The van der Waals surface area contributed by atoms with Crippen molar-refractivity contribution in [1.82, 2.24) is 20.2 Å². The van der Waals surface area contributed by atoms with Crippen LogP contribution in [0, 0.1) is 6.92 Å². The van der Waals surface area contributed by atoms with E-state index >= 15 is 0 Å². The van der Waals surface area contributed by atoms with E-state index in [-0.39, 0.29) is 0 Å². The number of nitrogens with one attached hydrogen (secondary N) is 3.